The van der Waals surface area contributed by atoms with Crippen molar-refractivity contribution in [1.82, 2.24) is 15.1 Å². The molecule has 1 aromatic rings. The van der Waals surface area contributed by atoms with E-state index in [1.54, 1.807) is 4.68 Å². The Morgan fingerprint density at radius 3 is 2.81 bits per heavy atom. The second-order valence-corrected chi connectivity index (χ2v) is 3.57. The molecule has 0 saturated heterocycles. The third-order valence-electron chi connectivity index (χ3n) is 2.43. The van der Waals surface area contributed by atoms with E-state index < -0.39 is 6.04 Å². The van der Waals surface area contributed by atoms with E-state index in [0.717, 1.165) is 17.7 Å². The molecule has 0 bridgehead atoms. The molecule has 0 amide bonds. The van der Waals surface area contributed by atoms with Crippen LogP contribution in [-0.2, 0) is 23.0 Å². The zero-order valence-electron chi connectivity index (χ0n) is 10.3. The molecule has 0 aliphatic heterocycles. The van der Waals surface area contributed by atoms with Crippen molar-refractivity contribution in [2.45, 2.75) is 26.3 Å². The Morgan fingerprint density at radius 2 is 2.31 bits per heavy atom. The van der Waals surface area contributed by atoms with E-state index in [0.29, 0.717) is 6.54 Å². The zero-order chi connectivity index (χ0) is 12.1. The quantitative estimate of drug-likeness (QED) is 0.753. The third kappa shape index (κ3) is 2.61. The topological polar surface area (TPSA) is 56.1 Å². The highest BCUT2D eigenvalue weighted by molar-refractivity contribution is 5.77. The highest BCUT2D eigenvalue weighted by Crippen LogP contribution is 2.18. The van der Waals surface area contributed by atoms with Crippen LogP contribution in [0.25, 0.3) is 0 Å². The number of rotatable bonds is 5. The van der Waals surface area contributed by atoms with Crippen LogP contribution in [0.1, 0.15) is 31.1 Å². The highest BCUT2D eigenvalue weighted by Gasteiger charge is 2.24. The lowest BCUT2D eigenvalue weighted by molar-refractivity contribution is -0.143. The molecule has 1 unspecified atom stereocenters. The molecule has 1 heterocycles. The molecule has 0 saturated carbocycles. The molecular formula is C11H19N3O2. The first-order valence-electron chi connectivity index (χ1n) is 5.47. The van der Waals surface area contributed by atoms with Gasteiger partial charge in [-0.05, 0) is 13.0 Å². The number of carbonyl (C=O) groups is 1. The van der Waals surface area contributed by atoms with Crippen molar-refractivity contribution in [3.05, 3.63) is 17.5 Å². The molecule has 5 nitrogen and oxygen atoms in total. The first-order chi connectivity index (χ1) is 7.63. The van der Waals surface area contributed by atoms with Crippen LogP contribution in [-0.4, -0.2) is 29.4 Å². The van der Waals surface area contributed by atoms with Crippen molar-refractivity contribution < 1.29 is 9.53 Å². The van der Waals surface area contributed by atoms with Gasteiger partial charge in [0.15, 0.2) is 0 Å². The summed E-state index contributed by atoms with van der Waals surface area (Å²) in [5.41, 5.74) is 1.83. The number of nitrogens with zero attached hydrogens (tertiary/aromatic N) is 2. The normalized spacial score (nSPS) is 12.5. The fraction of sp³-hybridized carbons (Fsp3) is 0.636. The zero-order valence-corrected chi connectivity index (χ0v) is 10.3. The van der Waals surface area contributed by atoms with E-state index in [-0.39, 0.29) is 5.97 Å². The highest BCUT2D eigenvalue weighted by atomic mass is 16.5. The molecule has 0 aliphatic carbocycles. The molecule has 0 aliphatic rings. The second kappa shape index (κ2) is 5.65. The average Bonchev–Trinajstić information content (AvgIpc) is 2.66. The first kappa shape index (κ1) is 12.7. The molecule has 1 N–H and O–H groups in total. The number of likely N-dealkylation sites (N-methyl/N-ethyl adjacent to an activating group) is 1. The molecule has 90 valence electrons. The number of hydrogen-bond donors (Lipinski definition) is 1. The van der Waals surface area contributed by atoms with Gasteiger partial charge < -0.3 is 10.1 Å². The molecule has 5 heteroatoms. The third-order valence-corrected chi connectivity index (χ3v) is 2.43. The number of aromatic nitrogens is 2. The van der Waals surface area contributed by atoms with Crippen LogP contribution in [0, 0.1) is 0 Å². The number of hydrogen-bond acceptors (Lipinski definition) is 4. The largest absolute Gasteiger partial charge is 0.468 e. The standard InChI is InChI=1S/C11H19N3O2/c1-5-9-8(7-14(3)13-9)10(12-6-2)11(15)16-4/h7,10,12H,5-6H2,1-4H3. The van der Waals surface area contributed by atoms with Crippen LogP contribution in [0.2, 0.25) is 0 Å². The molecule has 16 heavy (non-hydrogen) atoms. The lowest BCUT2D eigenvalue weighted by Gasteiger charge is -2.14. The molecular weight excluding hydrogens is 206 g/mol. The summed E-state index contributed by atoms with van der Waals surface area (Å²) >= 11 is 0. The van der Waals surface area contributed by atoms with Crippen LogP contribution in [0.4, 0.5) is 0 Å². The van der Waals surface area contributed by atoms with Crippen molar-refractivity contribution in [1.29, 1.82) is 0 Å². The predicted octanol–water partition coefficient (Wildman–Crippen LogP) is 0.806. The van der Waals surface area contributed by atoms with E-state index in [4.69, 9.17) is 4.74 Å². The van der Waals surface area contributed by atoms with Crippen molar-refractivity contribution in [3.63, 3.8) is 0 Å². The van der Waals surface area contributed by atoms with Gasteiger partial charge in [0, 0.05) is 18.8 Å². The van der Waals surface area contributed by atoms with Crippen LogP contribution < -0.4 is 5.32 Å². The number of aryl methyl sites for hydroxylation is 2. The summed E-state index contributed by atoms with van der Waals surface area (Å²) in [7, 11) is 3.25. The number of ether oxygens (including phenoxy) is 1. The average molecular weight is 225 g/mol. The SMILES string of the molecule is CCNC(C(=O)OC)c1cn(C)nc1CC. The van der Waals surface area contributed by atoms with Gasteiger partial charge in [-0.1, -0.05) is 13.8 Å². The van der Waals surface area contributed by atoms with Crippen LogP contribution in [0.15, 0.2) is 6.20 Å². The molecule has 0 fully saturated rings. The number of esters is 1. The lowest BCUT2D eigenvalue weighted by Crippen LogP contribution is -2.29. The maximum absolute atomic E-state index is 11.7. The number of methoxy groups -OCH3 is 1. The van der Waals surface area contributed by atoms with Crippen molar-refractivity contribution >= 4 is 5.97 Å². The Hall–Kier alpha value is -1.36. The van der Waals surface area contributed by atoms with Gasteiger partial charge in [0.05, 0.1) is 12.8 Å². The van der Waals surface area contributed by atoms with Gasteiger partial charge >= 0.3 is 5.97 Å². The molecule has 0 radical (unpaired) electrons. The maximum Gasteiger partial charge on any atom is 0.327 e. The van der Waals surface area contributed by atoms with Gasteiger partial charge in [0.1, 0.15) is 6.04 Å². The summed E-state index contributed by atoms with van der Waals surface area (Å²) in [6.07, 6.45) is 2.66. The van der Waals surface area contributed by atoms with Crippen LogP contribution in [0.5, 0.6) is 0 Å². The minimum Gasteiger partial charge on any atom is -0.468 e. The Morgan fingerprint density at radius 1 is 1.62 bits per heavy atom. The minimum atomic E-state index is -0.418. The van der Waals surface area contributed by atoms with Crippen molar-refractivity contribution in [2.24, 2.45) is 7.05 Å². The number of nitrogens with one attached hydrogen (secondary N) is 1. The Kier molecular flexibility index (Phi) is 4.49. The number of carbonyl (C=O) groups excluding carboxylic acids is 1. The van der Waals surface area contributed by atoms with E-state index in [1.165, 1.54) is 7.11 Å². The molecule has 1 rings (SSSR count). The Labute approximate surface area is 95.8 Å². The summed E-state index contributed by atoms with van der Waals surface area (Å²) in [5.74, 6) is -0.274. The van der Waals surface area contributed by atoms with Gasteiger partial charge in [0.2, 0.25) is 0 Å². The van der Waals surface area contributed by atoms with Gasteiger partial charge in [-0.3, -0.25) is 4.68 Å². The summed E-state index contributed by atoms with van der Waals surface area (Å²) in [4.78, 5) is 11.7. The van der Waals surface area contributed by atoms with Gasteiger partial charge in [-0.15, -0.1) is 0 Å². The monoisotopic (exact) mass is 225 g/mol. The fourth-order valence-corrected chi connectivity index (χ4v) is 1.71. The smallest absolute Gasteiger partial charge is 0.327 e. The van der Waals surface area contributed by atoms with Gasteiger partial charge in [-0.25, -0.2) is 4.79 Å². The van der Waals surface area contributed by atoms with Gasteiger partial charge in [0.25, 0.3) is 0 Å². The van der Waals surface area contributed by atoms with Crippen molar-refractivity contribution in [2.75, 3.05) is 13.7 Å². The molecule has 1 aromatic heterocycles. The van der Waals surface area contributed by atoms with E-state index in [1.807, 2.05) is 27.1 Å². The van der Waals surface area contributed by atoms with Crippen LogP contribution >= 0.6 is 0 Å². The maximum atomic E-state index is 11.7. The molecule has 0 spiro atoms. The Balaban J connectivity index is 3.04. The Bertz CT molecular complexity index is 360. The minimum absolute atomic E-state index is 0.274. The lowest BCUT2D eigenvalue weighted by atomic mass is 10.1. The molecule has 1 atom stereocenters. The van der Waals surface area contributed by atoms with Crippen LogP contribution in [0.3, 0.4) is 0 Å². The summed E-state index contributed by atoms with van der Waals surface area (Å²) < 4.78 is 6.51. The summed E-state index contributed by atoms with van der Waals surface area (Å²) in [5, 5.41) is 7.43. The second-order valence-electron chi connectivity index (χ2n) is 3.57. The van der Waals surface area contributed by atoms with Crippen molar-refractivity contribution in [3.8, 4) is 0 Å². The summed E-state index contributed by atoms with van der Waals surface area (Å²) in [6.45, 7) is 4.68. The van der Waals surface area contributed by atoms with E-state index in [2.05, 4.69) is 10.4 Å². The fourth-order valence-electron chi connectivity index (χ4n) is 1.71. The van der Waals surface area contributed by atoms with Gasteiger partial charge in [-0.2, -0.15) is 5.10 Å². The summed E-state index contributed by atoms with van der Waals surface area (Å²) in [6, 6.07) is -0.418. The van der Waals surface area contributed by atoms with E-state index in [9.17, 15) is 4.79 Å². The van der Waals surface area contributed by atoms with E-state index >= 15 is 0 Å². The predicted molar refractivity (Wildman–Crippen MR) is 61.0 cm³/mol. The molecule has 0 aromatic carbocycles. The first-order valence-corrected chi connectivity index (χ1v) is 5.47.